The quantitative estimate of drug-likeness (QED) is 0.813. The molecule has 0 unspecified atom stereocenters. The van der Waals surface area contributed by atoms with E-state index in [-0.39, 0.29) is 10.5 Å². The Morgan fingerprint density at radius 1 is 1.47 bits per heavy atom. The van der Waals surface area contributed by atoms with Gasteiger partial charge < -0.3 is 11.1 Å². The van der Waals surface area contributed by atoms with Crippen molar-refractivity contribution in [3.8, 4) is 0 Å². The highest BCUT2D eigenvalue weighted by molar-refractivity contribution is 6.36. The minimum Gasteiger partial charge on any atom is -0.396 e. The van der Waals surface area contributed by atoms with E-state index in [1.54, 1.807) is 0 Å². The first-order chi connectivity index (χ1) is 8.06. The van der Waals surface area contributed by atoms with Gasteiger partial charge in [-0.05, 0) is 13.0 Å². The van der Waals surface area contributed by atoms with Crippen LogP contribution < -0.4 is 11.1 Å². The van der Waals surface area contributed by atoms with E-state index in [2.05, 4.69) is 10.3 Å². The number of fused-ring (bicyclic) bond motifs is 1. The number of rotatable bonds is 2. The summed E-state index contributed by atoms with van der Waals surface area (Å²) in [4.78, 5) is 3.78. The van der Waals surface area contributed by atoms with Crippen molar-refractivity contribution in [2.75, 3.05) is 17.6 Å². The molecule has 6 heteroatoms. The molecule has 1 heterocycles. The van der Waals surface area contributed by atoms with Crippen LogP contribution in [0.3, 0.4) is 0 Å². The number of aromatic nitrogens is 1. The van der Waals surface area contributed by atoms with Crippen LogP contribution in [0.2, 0.25) is 5.02 Å². The van der Waals surface area contributed by atoms with Crippen molar-refractivity contribution in [2.24, 2.45) is 0 Å². The molecule has 2 rings (SSSR count). The summed E-state index contributed by atoms with van der Waals surface area (Å²) in [5.41, 5.74) is 6.42. The van der Waals surface area contributed by atoms with Gasteiger partial charge in [-0.2, -0.15) is 0 Å². The first kappa shape index (κ1) is 11.9. The molecular formula is C11H10ClF2N3. The van der Waals surface area contributed by atoms with Crippen LogP contribution in [0, 0.1) is 11.6 Å². The lowest BCUT2D eigenvalue weighted by molar-refractivity contribution is 0.515. The Kier molecular flexibility index (Phi) is 3.02. The molecule has 0 atom stereocenters. The largest absolute Gasteiger partial charge is 0.396 e. The zero-order valence-electron chi connectivity index (χ0n) is 9.02. The number of nitrogens with two attached hydrogens (primary N) is 1. The lowest BCUT2D eigenvalue weighted by Crippen LogP contribution is -2.04. The minimum atomic E-state index is -1.03. The van der Waals surface area contributed by atoms with E-state index in [9.17, 15) is 8.78 Å². The summed E-state index contributed by atoms with van der Waals surface area (Å²) in [5.74, 6) is -2.05. The van der Waals surface area contributed by atoms with Gasteiger partial charge in [0.25, 0.3) is 0 Å². The maximum absolute atomic E-state index is 13.6. The molecule has 0 aliphatic heterocycles. The number of anilines is 2. The van der Waals surface area contributed by atoms with Gasteiger partial charge in [-0.3, -0.25) is 4.98 Å². The fraction of sp³-hybridized carbons (Fsp3) is 0.182. The predicted octanol–water partition coefficient (Wildman–Crippen LogP) is 3.18. The number of pyridine rings is 1. The SMILES string of the molecule is CCNc1c(N)cnc2c(F)c(F)cc(Cl)c12. The first-order valence-electron chi connectivity index (χ1n) is 5.01. The van der Waals surface area contributed by atoms with Gasteiger partial charge in [-0.1, -0.05) is 11.6 Å². The molecule has 0 amide bonds. The summed E-state index contributed by atoms with van der Waals surface area (Å²) < 4.78 is 26.7. The standard InChI is InChI=1S/C11H10ClF2N3/c1-2-16-10-7(15)4-17-11-8(10)5(12)3-6(13)9(11)14/h3-4H,2,15H2,1H3,(H,16,17). The Labute approximate surface area is 102 Å². The van der Waals surface area contributed by atoms with Crippen molar-refractivity contribution in [3.05, 3.63) is 28.9 Å². The Bertz CT molecular complexity index is 587. The van der Waals surface area contributed by atoms with Crippen LogP contribution in [-0.2, 0) is 0 Å². The normalized spacial score (nSPS) is 10.8. The molecule has 0 aliphatic rings. The third-order valence-electron chi connectivity index (χ3n) is 2.37. The van der Waals surface area contributed by atoms with Crippen molar-refractivity contribution in [1.82, 2.24) is 4.98 Å². The number of hydrogen-bond donors (Lipinski definition) is 2. The summed E-state index contributed by atoms with van der Waals surface area (Å²) in [6, 6.07) is 0.918. The lowest BCUT2D eigenvalue weighted by atomic mass is 10.1. The second-order valence-corrected chi connectivity index (χ2v) is 3.90. The molecule has 1 aromatic heterocycles. The van der Waals surface area contributed by atoms with E-state index in [1.807, 2.05) is 6.92 Å². The van der Waals surface area contributed by atoms with Crippen molar-refractivity contribution in [3.63, 3.8) is 0 Å². The summed E-state index contributed by atoms with van der Waals surface area (Å²) in [6.45, 7) is 2.44. The van der Waals surface area contributed by atoms with Gasteiger partial charge in [-0.15, -0.1) is 0 Å². The molecule has 90 valence electrons. The van der Waals surface area contributed by atoms with E-state index in [1.165, 1.54) is 6.20 Å². The molecule has 3 N–H and O–H groups in total. The molecule has 0 radical (unpaired) electrons. The third kappa shape index (κ3) is 1.86. The second-order valence-electron chi connectivity index (χ2n) is 3.50. The molecule has 3 nitrogen and oxygen atoms in total. The maximum Gasteiger partial charge on any atom is 0.185 e. The highest BCUT2D eigenvalue weighted by atomic mass is 35.5. The van der Waals surface area contributed by atoms with Gasteiger partial charge in [0.2, 0.25) is 0 Å². The van der Waals surface area contributed by atoms with Crippen LogP contribution in [0.15, 0.2) is 12.3 Å². The predicted molar refractivity (Wildman–Crippen MR) is 65.2 cm³/mol. The van der Waals surface area contributed by atoms with Crippen LogP contribution in [0.1, 0.15) is 6.92 Å². The molecule has 1 aromatic carbocycles. The van der Waals surface area contributed by atoms with Gasteiger partial charge >= 0.3 is 0 Å². The summed E-state index contributed by atoms with van der Waals surface area (Å²) in [5, 5.41) is 3.34. The van der Waals surface area contributed by atoms with Gasteiger partial charge in [-0.25, -0.2) is 8.78 Å². The molecule has 0 fully saturated rings. The van der Waals surface area contributed by atoms with Crippen LogP contribution in [0.4, 0.5) is 20.2 Å². The average Bonchev–Trinajstić information content (AvgIpc) is 2.29. The smallest absolute Gasteiger partial charge is 0.185 e. The number of benzene rings is 1. The Morgan fingerprint density at radius 3 is 2.82 bits per heavy atom. The Hall–Kier alpha value is -1.62. The molecule has 0 spiro atoms. The topological polar surface area (TPSA) is 50.9 Å². The number of nitrogens with zero attached hydrogens (tertiary/aromatic N) is 1. The fourth-order valence-corrected chi connectivity index (χ4v) is 1.93. The minimum absolute atomic E-state index is 0.0784. The van der Waals surface area contributed by atoms with Crippen LogP contribution >= 0.6 is 11.6 Å². The first-order valence-corrected chi connectivity index (χ1v) is 5.39. The van der Waals surface area contributed by atoms with E-state index >= 15 is 0 Å². The highest BCUT2D eigenvalue weighted by Crippen LogP contribution is 2.35. The zero-order valence-corrected chi connectivity index (χ0v) is 9.78. The number of nitrogen functional groups attached to an aromatic ring is 1. The van der Waals surface area contributed by atoms with Gasteiger partial charge in [0, 0.05) is 11.9 Å². The molecule has 0 aliphatic carbocycles. The summed E-state index contributed by atoms with van der Waals surface area (Å²) in [7, 11) is 0. The lowest BCUT2D eigenvalue weighted by Gasteiger charge is -2.12. The van der Waals surface area contributed by atoms with E-state index in [0.717, 1.165) is 6.07 Å². The average molecular weight is 258 g/mol. The molecule has 0 saturated carbocycles. The van der Waals surface area contributed by atoms with Gasteiger partial charge in [0.05, 0.1) is 22.6 Å². The monoisotopic (exact) mass is 257 g/mol. The van der Waals surface area contributed by atoms with Crippen molar-refractivity contribution >= 4 is 33.9 Å². The Balaban J connectivity index is 2.89. The maximum atomic E-state index is 13.6. The third-order valence-corrected chi connectivity index (χ3v) is 2.67. The van der Waals surface area contributed by atoms with Crippen molar-refractivity contribution in [1.29, 1.82) is 0 Å². The Morgan fingerprint density at radius 2 is 2.18 bits per heavy atom. The van der Waals surface area contributed by atoms with E-state index in [0.29, 0.717) is 23.3 Å². The molecular weight excluding hydrogens is 248 g/mol. The van der Waals surface area contributed by atoms with Crippen LogP contribution in [-0.4, -0.2) is 11.5 Å². The van der Waals surface area contributed by atoms with Crippen molar-refractivity contribution in [2.45, 2.75) is 6.92 Å². The summed E-state index contributed by atoms with van der Waals surface area (Å²) in [6.07, 6.45) is 1.28. The molecule has 0 saturated heterocycles. The number of nitrogens with one attached hydrogen (secondary N) is 1. The number of hydrogen-bond acceptors (Lipinski definition) is 3. The van der Waals surface area contributed by atoms with Crippen molar-refractivity contribution < 1.29 is 8.78 Å². The van der Waals surface area contributed by atoms with Crippen LogP contribution in [0.25, 0.3) is 10.9 Å². The zero-order chi connectivity index (χ0) is 12.6. The second kappa shape index (κ2) is 4.33. The van der Waals surface area contributed by atoms with E-state index in [4.69, 9.17) is 17.3 Å². The number of halogens is 3. The fourth-order valence-electron chi connectivity index (χ4n) is 1.65. The van der Waals surface area contributed by atoms with Crippen LogP contribution in [0.5, 0.6) is 0 Å². The van der Waals surface area contributed by atoms with Gasteiger partial charge in [0.1, 0.15) is 5.52 Å². The summed E-state index contributed by atoms with van der Waals surface area (Å²) >= 11 is 5.90. The van der Waals surface area contributed by atoms with E-state index < -0.39 is 11.6 Å². The molecule has 2 aromatic rings. The highest BCUT2D eigenvalue weighted by Gasteiger charge is 2.16. The molecule has 0 bridgehead atoms. The molecule has 17 heavy (non-hydrogen) atoms. The van der Waals surface area contributed by atoms with Gasteiger partial charge in [0.15, 0.2) is 11.6 Å².